The van der Waals surface area contributed by atoms with Crippen LogP contribution in [0, 0.1) is 11.8 Å². The molecule has 5 heteroatoms. The zero-order valence-corrected chi connectivity index (χ0v) is 12.2. The van der Waals surface area contributed by atoms with Crippen LogP contribution in [0.5, 0.6) is 0 Å². The Bertz CT molecular complexity index is 378. The van der Waals surface area contributed by atoms with Gasteiger partial charge in [-0.2, -0.15) is 0 Å². The Balaban J connectivity index is 2.68. The van der Waals surface area contributed by atoms with E-state index in [-0.39, 0.29) is 22.9 Å². The smallest absolute Gasteiger partial charge is 0.150 e. The molecule has 0 bridgehead atoms. The fraction of sp³-hybridized carbons (Fsp3) is 0.923. The molecule has 0 aromatic rings. The lowest BCUT2D eigenvalue weighted by Gasteiger charge is -2.29. The van der Waals surface area contributed by atoms with Gasteiger partial charge in [-0.3, -0.25) is 4.79 Å². The second-order valence-electron chi connectivity index (χ2n) is 5.44. The zero-order valence-electron chi connectivity index (χ0n) is 11.4. The van der Waals surface area contributed by atoms with Crippen LogP contribution >= 0.6 is 0 Å². The van der Waals surface area contributed by atoms with Gasteiger partial charge in [-0.1, -0.05) is 19.8 Å². The summed E-state index contributed by atoms with van der Waals surface area (Å²) in [5, 5.41) is -0.333. The molecule has 1 fully saturated rings. The van der Waals surface area contributed by atoms with Crippen molar-refractivity contribution in [3.8, 4) is 0 Å². The summed E-state index contributed by atoms with van der Waals surface area (Å²) in [6.45, 7) is 2.42. The summed E-state index contributed by atoms with van der Waals surface area (Å²) in [4.78, 5) is 12.3. The van der Waals surface area contributed by atoms with Gasteiger partial charge in [0.15, 0.2) is 0 Å². The van der Waals surface area contributed by atoms with E-state index < -0.39 is 9.84 Å². The maximum Gasteiger partial charge on any atom is 0.150 e. The Morgan fingerprint density at radius 2 is 2.06 bits per heavy atom. The summed E-state index contributed by atoms with van der Waals surface area (Å²) in [5.74, 6) is 0.00425. The minimum absolute atomic E-state index is 0.0849. The monoisotopic (exact) mass is 275 g/mol. The fourth-order valence-electron chi connectivity index (χ4n) is 2.85. The zero-order chi connectivity index (χ0) is 13.8. The van der Waals surface area contributed by atoms with Crippen LogP contribution in [0.15, 0.2) is 0 Å². The first-order valence-corrected chi connectivity index (χ1v) is 8.78. The molecule has 0 radical (unpaired) electrons. The first-order valence-electron chi connectivity index (χ1n) is 6.82. The van der Waals surface area contributed by atoms with Crippen LogP contribution in [0.2, 0.25) is 0 Å². The van der Waals surface area contributed by atoms with E-state index in [4.69, 9.17) is 5.73 Å². The van der Waals surface area contributed by atoms with E-state index in [9.17, 15) is 13.2 Å². The van der Waals surface area contributed by atoms with Crippen molar-refractivity contribution in [1.29, 1.82) is 0 Å². The third kappa shape index (κ3) is 4.05. The molecule has 18 heavy (non-hydrogen) atoms. The Morgan fingerprint density at radius 3 is 2.56 bits per heavy atom. The summed E-state index contributed by atoms with van der Waals surface area (Å²) >= 11 is 0. The van der Waals surface area contributed by atoms with Crippen molar-refractivity contribution in [3.05, 3.63) is 0 Å². The summed E-state index contributed by atoms with van der Waals surface area (Å²) in [6, 6.07) is 0. The number of hydrogen-bond donors (Lipinski definition) is 1. The maximum absolute atomic E-state index is 12.3. The molecule has 0 spiro atoms. The molecular weight excluding hydrogens is 250 g/mol. The third-order valence-electron chi connectivity index (χ3n) is 3.96. The number of Topliss-reactive ketones (excluding diaryl/α,β-unsaturated/α-hetero) is 1. The van der Waals surface area contributed by atoms with Crippen LogP contribution in [-0.4, -0.2) is 32.3 Å². The average molecular weight is 275 g/mol. The number of hydrogen-bond acceptors (Lipinski definition) is 4. The van der Waals surface area contributed by atoms with Gasteiger partial charge in [0, 0.05) is 24.6 Å². The molecule has 0 aliphatic heterocycles. The lowest BCUT2D eigenvalue weighted by atomic mass is 9.80. The number of ketones is 1. The second-order valence-corrected chi connectivity index (χ2v) is 7.76. The number of nitrogens with two attached hydrogens (primary N) is 1. The minimum atomic E-state index is -3.02. The fourth-order valence-corrected chi connectivity index (χ4v) is 4.03. The molecule has 1 aliphatic carbocycles. The highest BCUT2D eigenvalue weighted by Gasteiger charge is 2.34. The Morgan fingerprint density at radius 1 is 1.39 bits per heavy atom. The van der Waals surface area contributed by atoms with Gasteiger partial charge in [-0.25, -0.2) is 8.42 Å². The lowest BCUT2D eigenvalue weighted by Crippen LogP contribution is -2.36. The predicted octanol–water partition coefficient (Wildman–Crippen LogP) is 1.53. The summed E-state index contributed by atoms with van der Waals surface area (Å²) in [6.07, 6.45) is 5.88. The van der Waals surface area contributed by atoms with Gasteiger partial charge in [-0.15, -0.1) is 0 Å². The van der Waals surface area contributed by atoms with Crippen molar-refractivity contribution in [3.63, 3.8) is 0 Å². The number of carbonyl (C=O) groups excluding carboxylic acids is 1. The third-order valence-corrected chi connectivity index (χ3v) is 5.60. The average Bonchev–Trinajstić information content (AvgIpc) is 2.34. The molecule has 0 aromatic heterocycles. The standard InChI is InChI=1S/C13H25NO3S/c1-3-5-11(9-14)13(15)10-6-4-7-12(8-10)18(2,16)17/h10-12H,3-9,14H2,1-2H3. The molecule has 0 aromatic carbocycles. The molecule has 0 heterocycles. The van der Waals surface area contributed by atoms with Gasteiger partial charge in [0.1, 0.15) is 15.6 Å². The minimum Gasteiger partial charge on any atom is -0.330 e. The largest absolute Gasteiger partial charge is 0.330 e. The Labute approximate surface area is 110 Å². The van der Waals surface area contributed by atoms with Crippen LogP contribution in [-0.2, 0) is 14.6 Å². The summed E-state index contributed by atoms with van der Waals surface area (Å²) < 4.78 is 23.2. The number of carbonyl (C=O) groups is 1. The van der Waals surface area contributed by atoms with Gasteiger partial charge in [0.2, 0.25) is 0 Å². The van der Waals surface area contributed by atoms with Crippen molar-refractivity contribution >= 4 is 15.6 Å². The van der Waals surface area contributed by atoms with Crippen LogP contribution in [0.1, 0.15) is 45.4 Å². The molecule has 0 amide bonds. The van der Waals surface area contributed by atoms with E-state index in [1.807, 2.05) is 6.92 Å². The van der Waals surface area contributed by atoms with Gasteiger partial charge in [0.25, 0.3) is 0 Å². The van der Waals surface area contributed by atoms with Crippen molar-refractivity contribution in [1.82, 2.24) is 0 Å². The SMILES string of the molecule is CCCC(CN)C(=O)C1CCCC(S(C)(=O)=O)C1. The summed E-state index contributed by atoms with van der Waals surface area (Å²) in [5.41, 5.74) is 5.65. The van der Waals surface area contributed by atoms with E-state index in [0.717, 1.165) is 25.7 Å². The van der Waals surface area contributed by atoms with Gasteiger partial charge >= 0.3 is 0 Å². The highest BCUT2D eigenvalue weighted by molar-refractivity contribution is 7.91. The quantitative estimate of drug-likeness (QED) is 0.797. The first kappa shape index (κ1) is 15.6. The normalized spacial score (nSPS) is 26.8. The van der Waals surface area contributed by atoms with Gasteiger partial charge in [0.05, 0.1) is 5.25 Å². The predicted molar refractivity (Wildman–Crippen MR) is 73.0 cm³/mol. The van der Waals surface area contributed by atoms with Crippen LogP contribution in [0.4, 0.5) is 0 Å². The second kappa shape index (κ2) is 6.66. The van der Waals surface area contributed by atoms with Gasteiger partial charge in [-0.05, 0) is 25.7 Å². The molecule has 2 N–H and O–H groups in total. The highest BCUT2D eigenvalue weighted by Crippen LogP contribution is 2.31. The molecular formula is C13H25NO3S. The molecule has 3 unspecified atom stereocenters. The van der Waals surface area contributed by atoms with E-state index in [1.165, 1.54) is 6.26 Å². The van der Waals surface area contributed by atoms with Crippen LogP contribution < -0.4 is 5.73 Å². The van der Waals surface area contributed by atoms with E-state index >= 15 is 0 Å². The van der Waals surface area contributed by atoms with Crippen LogP contribution in [0.3, 0.4) is 0 Å². The number of rotatable bonds is 6. The van der Waals surface area contributed by atoms with Gasteiger partial charge < -0.3 is 5.73 Å². The molecule has 1 rings (SSSR count). The Kier molecular flexibility index (Phi) is 5.79. The molecule has 0 saturated heterocycles. The molecule has 1 saturated carbocycles. The lowest BCUT2D eigenvalue weighted by molar-refractivity contribution is -0.127. The first-order chi connectivity index (χ1) is 8.40. The molecule has 106 valence electrons. The van der Waals surface area contributed by atoms with Crippen molar-refractivity contribution in [2.24, 2.45) is 17.6 Å². The maximum atomic E-state index is 12.3. The molecule has 3 atom stereocenters. The van der Waals surface area contributed by atoms with E-state index in [2.05, 4.69) is 0 Å². The van der Waals surface area contributed by atoms with Crippen molar-refractivity contribution in [2.45, 2.75) is 50.7 Å². The van der Waals surface area contributed by atoms with E-state index in [1.54, 1.807) is 0 Å². The van der Waals surface area contributed by atoms with Crippen molar-refractivity contribution in [2.75, 3.05) is 12.8 Å². The van der Waals surface area contributed by atoms with E-state index in [0.29, 0.717) is 19.4 Å². The summed E-state index contributed by atoms with van der Waals surface area (Å²) in [7, 11) is -3.02. The highest BCUT2D eigenvalue weighted by atomic mass is 32.2. The van der Waals surface area contributed by atoms with Crippen LogP contribution in [0.25, 0.3) is 0 Å². The number of sulfone groups is 1. The van der Waals surface area contributed by atoms with Crippen molar-refractivity contribution < 1.29 is 13.2 Å². The Hall–Kier alpha value is -0.420. The topological polar surface area (TPSA) is 77.2 Å². The molecule has 4 nitrogen and oxygen atoms in total. The molecule has 1 aliphatic rings.